The van der Waals surface area contributed by atoms with Crippen molar-refractivity contribution in [2.75, 3.05) is 14.2 Å². The molecule has 0 atom stereocenters. The zero-order valence-corrected chi connectivity index (χ0v) is 31.2. The first-order valence-electron chi connectivity index (χ1n) is 16.2. The maximum Gasteiger partial charge on any atom is 0.126 e. The van der Waals surface area contributed by atoms with Gasteiger partial charge in [-0.2, -0.15) is 0 Å². The van der Waals surface area contributed by atoms with Crippen LogP contribution in [-0.4, -0.2) is 14.2 Å². The molecule has 0 heterocycles. The van der Waals surface area contributed by atoms with Gasteiger partial charge in [0, 0.05) is 22.3 Å². The normalized spacial score (nSPS) is 12.9. The molecule has 4 aromatic rings. The van der Waals surface area contributed by atoms with Gasteiger partial charge in [-0.25, -0.2) is 0 Å². The molecule has 45 heavy (non-hydrogen) atoms. The highest BCUT2D eigenvalue weighted by Gasteiger charge is 2.33. The minimum Gasteiger partial charge on any atom is -0.496 e. The van der Waals surface area contributed by atoms with E-state index in [1.807, 2.05) is 14.2 Å². The molecule has 0 aromatic heterocycles. The second kappa shape index (κ2) is 12.6. The molecule has 0 fully saturated rings. The number of hydrogen-bond donors (Lipinski definition) is 0. The average Bonchev–Trinajstić information content (AvgIpc) is 2.95. The number of methoxy groups -OCH3 is 2. The van der Waals surface area contributed by atoms with Gasteiger partial charge in [0.1, 0.15) is 11.5 Å². The zero-order valence-electron chi connectivity index (χ0n) is 30.3. The minimum absolute atomic E-state index is 0.103. The molecule has 0 aliphatic rings. The van der Waals surface area contributed by atoms with Gasteiger partial charge in [0.05, 0.1) is 14.2 Å². The summed E-state index contributed by atoms with van der Waals surface area (Å²) in [6.45, 7) is 27.5. The van der Waals surface area contributed by atoms with E-state index in [0.717, 1.165) is 11.5 Å². The molecule has 0 aliphatic carbocycles. The van der Waals surface area contributed by atoms with Crippen LogP contribution in [0.15, 0.2) is 78.9 Å². The Morgan fingerprint density at radius 1 is 0.444 bits per heavy atom. The van der Waals surface area contributed by atoms with Gasteiger partial charge in [0.15, 0.2) is 0 Å². The Bertz CT molecular complexity index is 1480. The van der Waals surface area contributed by atoms with Gasteiger partial charge in [0.2, 0.25) is 0 Å². The molecule has 0 spiro atoms. The number of rotatable bonds is 6. The van der Waals surface area contributed by atoms with Crippen LogP contribution in [0.2, 0.25) is 0 Å². The Morgan fingerprint density at radius 2 is 0.778 bits per heavy atom. The number of ether oxygens (including phenoxy) is 2. The summed E-state index contributed by atoms with van der Waals surface area (Å²) in [6, 6.07) is 29.6. The highest BCUT2D eigenvalue weighted by Crippen LogP contribution is 2.47. The molecule has 0 saturated carbocycles. The summed E-state index contributed by atoms with van der Waals surface area (Å²) in [7, 11) is 2.65. The third-order valence-corrected chi connectivity index (χ3v) is 11.0. The predicted octanol–water partition coefficient (Wildman–Crippen LogP) is 10.3. The summed E-state index contributed by atoms with van der Waals surface area (Å²) in [5, 5.41) is 4.04. The average molecular weight is 623 g/mol. The van der Waals surface area contributed by atoms with E-state index in [1.165, 1.54) is 49.3 Å². The van der Waals surface area contributed by atoms with Gasteiger partial charge < -0.3 is 9.47 Å². The Hall–Kier alpha value is -3.09. The fourth-order valence-corrected chi connectivity index (χ4v) is 8.68. The lowest BCUT2D eigenvalue weighted by Crippen LogP contribution is -2.29. The molecule has 4 aromatic carbocycles. The fraction of sp³-hybridized carbons (Fsp3) is 0.429. The molecule has 0 bridgehead atoms. The topological polar surface area (TPSA) is 18.5 Å². The maximum absolute atomic E-state index is 6.22. The van der Waals surface area contributed by atoms with E-state index in [2.05, 4.69) is 162 Å². The lowest BCUT2D eigenvalue weighted by atomic mass is 9.79. The lowest BCUT2D eigenvalue weighted by Gasteiger charge is -2.34. The number of hydrogen-bond acceptors (Lipinski definition) is 2. The van der Waals surface area contributed by atoms with Crippen LogP contribution in [0, 0.1) is 0 Å². The van der Waals surface area contributed by atoms with Crippen LogP contribution in [0.25, 0.3) is 11.1 Å². The third kappa shape index (κ3) is 7.33. The summed E-state index contributed by atoms with van der Waals surface area (Å²) in [4.78, 5) is 0. The molecular formula is C42H55O2P. The van der Waals surface area contributed by atoms with E-state index in [1.54, 1.807) is 0 Å². The molecule has 2 nitrogen and oxygen atoms in total. The Labute approximate surface area is 275 Å². The molecule has 0 aliphatic heterocycles. The van der Waals surface area contributed by atoms with Crippen molar-refractivity contribution >= 4 is 23.8 Å². The summed E-state index contributed by atoms with van der Waals surface area (Å²) >= 11 is 0. The summed E-state index contributed by atoms with van der Waals surface area (Å²) < 4.78 is 12.4. The van der Waals surface area contributed by atoms with E-state index in [0.29, 0.717) is 0 Å². The van der Waals surface area contributed by atoms with Crippen molar-refractivity contribution in [3.63, 3.8) is 0 Å². The molecule has 0 radical (unpaired) electrons. The quantitative estimate of drug-likeness (QED) is 0.199. The van der Waals surface area contributed by atoms with Crippen molar-refractivity contribution in [2.24, 2.45) is 0 Å². The summed E-state index contributed by atoms with van der Waals surface area (Å²) in [6.07, 6.45) is 0. The summed E-state index contributed by atoms with van der Waals surface area (Å²) in [5.74, 6) is 2.01. The summed E-state index contributed by atoms with van der Waals surface area (Å²) in [5.41, 5.74) is 7.10. The van der Waals surface area contributed by atoms with Gasteiger partial charge in [0.25, 0.3) is 0 Å². The van der Waals surface area contributed by atoms with Gasteiger partial charge in [-0.3, -0.25) is 0 Å². The van der Waals surface area contributed by atoms with E-state index >= 15 is 0 Å². The first-order chi connectivity index (χ1) is 20.8. The molecule has 0 saturated heterocycles. The molecule has 0 N–H and O–H groups in total. The molecule has 0 amide bonds. The van der Waals surface area contributed by atoms with Crippen LogP contribution in [0.5, 0.6) is 11.5 Å². The SMILES string of the molecule is COc1c(C(C)(C)C)cc(P(c2cc(C(C)(C)C)c(OC)c(C(C)(C)C)c2)c2ccccc2-c2ccccc2)cc1C(C)(C)C. The van der Waals surface area contributed by atoms with Gasteiger partial charge in [-0.05, 0) is 80.9 Å². The van der Waals surface area contributed by atoms with Gasteiger partial charge >= 0.3 is 0 Å². The first kappa shape index (κ1) is 34.8. The van der Waals surface area contributed by atoms with E-state index in [4.69, 9.17) is 9.47 Å². The first-order valence-corrected chi connectivity index (χ1v) is 17.5. The Morgan fingerprint density at radius 3 is 1.11 bits per heavy atom. The zero-order chi connectivity index (χ0) is 33.5. The Balaban J connectivity index is 2.24. The van der Waals surface area contributed by atoms with Crippen LogP contribution in [-0.2, 0) is 21.7 Å². The molecular weight excluding hydrogens is 567 g/mol. The smallest absolute Gasteiger partial charge is 0.126 e. The van der Waals surface area contributed by atoms with Crippen molar-refractivity contribution in [2.45, 2.75) is 105 Å². The van der Waals surface area contributed by atoms with Gasteiger partial charge in [-0.1, -0.05) is 138 Å². The van der Waals surface area contributed by atoms with Gasteiger partial charge in [-0.15, -0.1) is 0 Å². The molecule has 0 unspecified atom stereocenters. The molecule has 4 rings (SSSR count). The largest absolute Gasteiger partial charge is 0.496 e. The monoisotopic (exact) mass is 622 g/mol. The second-order valence-electron chi connectivity index (χ2n) is 16.4. The van der Waals surface area contributed by atoms with E-state index in [-0.39, 0.29) is 21.7 Å². The number of benzene rings is 4. The minimum atomic E-state index is -0.990. The van der Waals surface area contributed by atoms with Crippen molar-refractivity contribution in [3.05, 3.63) is 101 Å². The Kier molecular flexibility index (Phi) is 9.74. The van der Waals surface area contributed by atoms with Crippen LogP contribution >= 0.6 is 7.92 Å². The lowest BCUT2D eigenvalue weighted by molar-refractivity contribution is 0.381. The van der Waals surface area contributed by atoms with Crippen LogP contribution in [0.1, 0.15) is 105 Å². The molecule has 240 valence electrons. The van der Waals surface area contributed by atoms with Crippen molar-refractivity contribution < 1.29 is 9.47 Å². The highest BCUT2D eigenvalue weighted by molar-refractivity contribution is 7.80. The second-order valence-corrected chi connectivity index (χ2v) is 18.6. The van der Waals surface area contributed by atoms with Crippen molar-refractivity contribution in [1.29, 1.82) is 0 Å². The standard InChI is InChI=1S/C42H55O2P/c1-39(2,3)32-24-29(25-33(37(32)43-13)40(4,5)6)45(36-23-19-18-22-31(36)28-20-16-15-17-21-28)30-26-34(41(7,8)9)38(44-14)35(27-30)42(10,11)12/h15-27H,1-14H3. The van der Waals surface area contributed by atoms with Crippen LogP contribution in [0.3, 0.4) is 0 Å². The third-order valence-electron chi connectivity index (χ3n) is 8.53. The highest BCUT2D eigenvalue weighted by atomic mass is 31.1. The van der Waals surface area contributed by atoms with Crippen molar-refractivity contribution in [1.82, 2.24) is 0 Å². The van der Waals surface area contributed by atoms with Crippen LogP contribution in [0.4, 0.5) is 0 Å². The predicted molar refractivity (Wildman–Crippen MR) is 198 cm³/mol. The van der Waals surface area contributed by atoms with E-state index < -0.39 is 7.92 Å². The van der Waals surface area contributed by atoms with E-state index in [9.17, 15) is 0 Å². The maximum atomic E-state index is 6.22. The van der Waals surface area contributed by atoms with Crippen molar-refractivity contribution in [3.8, 4) is 22.6 Å². The van der Waals surface area contributed by atoms with Crippen LogP contribution < -0.4 is 25.4 Å². The fourth-order valence-electron chi connectivity index (χ4n) is 6.11. The molecule has 3 heteroatoms.